The summed E-state index contributed by atoms with van der Waals surface area (Å²) in [6, 6.07) is 25.2. The largest absolute Gasteiger partial charge is 0.477 e. The number of aromatic carboxylic acids is 1. The van der Waals surface area contributed by atoms with Gasteiger partial charge in [0.25, 0.3) is 5.91 Å². The van der Waals surface area contributed by atoms with E-state index in [9.17, 15) is 18.0 Å². The van der Waals surface area contributed by atoms with Gasteiger partial charge in [0.2, 0.25) is 10.0 Å². The number of rotatable bonds is 11. The number of carbonyl (C=O) groups excluding carboxylic acids is 1. The van der Waals surface area contributed by atoms with Crippen LogP contribution in [0.15, 0.2) is 91.1 Å². The first-order chi connectivity index (χ1) is 23.7. The van der Waals surface area contributed by atoms with Gasteiger partial charge in [0.15, 0.2) is 0 Å². The Morgan fingerprint density at radius 1 is 0.880 bits per heavy atom. The number of nitrogens with zero attached hydrogens (tertiary/aromatic N) is 4. The third kappa shape index (κ3) is 9.12. The van der Waals surface area contributed by atoms with Gasteiger partial charge in [-0.2, -0.15) is 0 Å². The van der Waals surface area contributed by atoms with Crippen molar-refractivity contribution in [2.75, 3.05) is 55.4 Å². The molecule has 0 spiro atoms. The first kappa shape index (κ1) is 36.6. The molecule has 2 fully saturated rings. The number of hydrogen-bond donors (Lipinski definition) is 2. The Labute approximate surface area is 299 Å². The SMILES string of the molecule is CCN1CCN(c2ccc(C(=O)N3CCC(c4ccc(Oc5ccc(C(=O)O)nc5)cc4)CC3)cc2NS(=O)(=O)Cc2ccccc2)CC1.Cl. The van der Waals surface area contributed by atoms with E-state index in [1.165, 1.54) is 12.3 Å². The van der Waals surface area contributed by atoms with Crippen molar-refractivity contribution >= 4 is 45.7 Å². The number of likely N-dealkylation sites (N-methyl/N-ethyl adjacent to an activating group) is 1. The zero-order valence-electron chi connectivity index (χ0n) is 27.9. The number of piperazine rings is 1. The Morgan fingerprint density at radius 3 is 2.18 bits per heavy atom. The molecule has 264 valence electrons. The standard InChI is InChI=1S/C37H41N5O6S.ClH/c1-2-40-20-22-41(23-21-40)35-15-10-30(24-34(35)39-49(46,47)26-27-6-4-3-5-7-27)36(43)42-18-16-29(17-19-42)28-8-11-31(12-9-28)48-32-13-14-33(37(44)45)38-25-32;/h3-15,24-25,29,39H,2,16-23,26H2,1H3,(H,44,45);1H. The van der Waals surface area contributed by atoms with Crippen molar-refractivity contribution in [3.63, 3.8) is 0 Å². The minimum Gasteiger partial charge on any atom is -0.477 e. The third-order valence-electron chi connectivity index (χ3n) is 9.19. The lowest BCUT2D eigenvalue weighted by atomic mass is 9.89. The molecule has 0 radical (unpaired) electrons. The fourth-order valence-corrected chi connectivity index (χ4v) is 7.64. The number of carbonyl (C=O) groups is 2. The number of carboxylic acid groups (broad SMARTS) is 1. The Balaban J connectivity index is 0.00000486. The molecular weight excluding hydrogens is 678 g/mol. The molecule has 13 heteroatoms. The van der Waals surface area contributed by atoms with Crippen LogP contribution in [0.5, 0.6) is 11.5 Å². The highest BCUT2D eigenvalue weighted by atomic mass is 35.5. The predicted molar refractivity (Wildman–Crippen MR) is 196 cm³/mol. The number of hydrogen-bond acceptors (Lipinski definition) is 8. The van der Waals surface area contributed by atoms with E-state index in [-0.39, 0.29) is 35.7 Å². The second-order valence-corrected chi connectivity index (χ2v) is 14.1. The van der Waals surface area contributed by atoms with Crippen LogP contribution in [-0.2, 0) is 15.8 Å². The smallest absolute Gasteiger partial charge is 0.354 e. The molecule has 0 bridgehead atoms. The number of amides is 1. The van der Waals surface area contributed by atoms with Gasteiger partial charge >= 0.3 is 5.97 Å². The minimum atomic E-state index is -3.74. The van der Waals surface area contributed by atoms with E-state index in [0.29, 0.717) is 41.4 Å². The van der Waals surface area contributed by atoms with Gasteiger partial charge in [-0.05, 0) is 78.9 Å². The number of aromatic nitrogens is 1. The monoisotopic (exact) mass is 719 g/mol. The number of likely N-dealkylation sites (tertiary alicyclic amines) is 1. The average molecular weight is 720 g/mol. The lowest BCUT2D eigenvalue weighted by molar-refractivity contribution is 0.0687. The number of nitrogens with one attached hydrogen (secondary N) is 1. The Bertz CT molecular complexity index is 1860. The molecule has 2 N–H and O–H groups in total. The third-order valence-corrected chi connectivity index (χ3v) is 10.4. The van der Waals surface area contributed by atoms with Crippen molar-refractivity contribution in [2.45, 2.75) is 31.4 Å². The molecule has 6 rings (SSSR count). The average Bonchev–Trinajstić information content (AvgIpc) is 3.12. The summed E-state index contributed by atoms with van der Waals surface area (Å²) in [6.45, 7) is 7.59. The maximum absolute atomic E-state index is 13.8. The Morgan fingerprint density at radius 2 is 1.56 bits per heavy atom. The van der Waals surface area contributed by atoms with E-state index in [2.05, 4.69) is 26.4 Å². The number of ether oxygens (including phenoxy) is 1. The van der Waals surface area contributed by atoms with Crippen LogP contribution in [0.25, 0.3) is 0 Å². The molecule has 1 aromatic heterocycles. The van der Waals surface area contributed by atoms with Gasteiger partial charge in [-0.15, -0.1) is 12.4 Å². The van der Waals surface area contributed by atoms with Crippen LogP contribution in [-0.4, -0.2) is 86.0 Å². The second kappa shape index (κ2) is 16.4. The van der Waals surface area contributed by atoms with Gasteiger partial charge < -0.3 is 24.5 Å². The van der Waals surface area contributed by atoms with E-state index >= 15 is 0 Å². The van der Waals surface area contributed by atoms with E-state index in [1.54, 1.807) is 24.3 Å². The highest BCUT2D eigenvalue weighted by Crippen LogP contribution is 2.33. The highest BCUT2D eigenvalue weighted by Gasteiger charge is 2.27. The van der Waals surface area contributed by atoms with Gasteiger partial charge in [0, 0.05) is 44.8 Å². The molecule has 2 saturated heterocycles. The number of piperidine rings is 1. The molecule has 2 aliphatic heterocycles. The second-order valence-electron chi connectivity index (χ2n) is 12.4. The zero-order valence-corrected chi connectivity index (χ0v) is 29.5. The van der Waals surface area contributed by atoms with Crippen molar-refractivity contribution in [3.8, 4) is 11.5 Å². The Kier molecular flexibility index (Phi) is 12.0. The van der Waals surface area contributed by atoms with E-state index in [4.69, 9.17) is 9.84 Å². The zero-order chi connectivity index (χ0) is 34.4. The first-order valence-electron chi connectivity index (χ1n) is 16.6. The molecule has 3 heterocycles. The van der Waals surface area contributed by atoms with Crippen molar-refractivity contribution in [1.29, 1.82) is 0 Å². The summed E-state index contributed by atoms with van der Waals surface area (Å²) in [6.07, 6.45) is 2.97. The lowest BCUT2D eigenvalue weighted by Crippen LogP contribution is -2.46. The van der Waals surface area contributed by atoms with Crippen molar-refractivity contribution < 1.29 is 27.9 Å². The number of pyridine rings is 1. The number of anilines is 2. The van der Waals surface area contributed by atoms with Crippen LogP contribution < -0.4 is 14.4 Å². The molecule has 1 amide bonds. The molecule has 0 saturated carbocycles. The molecule has 2 aliphatic rings. The number of carboxylic acids is 1. The van der Waals surface area contributed by atoms with Crippen LogP contribution in [0.1, 0.15) is 57.7 Å². The quantitative estimate of drug-likeness (QED) is 0.189. The maximum Gasteiger partial charge on any atom is 0.354 e. The number of sulfonamides is 1. The fourth-order valence-electron chi connectivity index (χ4n) is 6.44. The van der Waals surface area contributed by atoms with Crippen molar-refractivity contribution in [1.82, 2.24) is 14.8 Å². The first-order valence-corrected chi connectivity index (χ1v) is 18.2. The summed E-state index contributed by atoms with van der Waals surface area (Å²) >= 11 is 0. The van der Waals surface area contributed by atoms with Crippen LogP contribution in [0, 0.1) is 0 Å². The van der Waals surface area contributed by atoms with Crippen molar-refractivity contribution in [2.24, 2.45) is 0 Å². The molecule has 3 aromatic carbocycles. The molecule has 50 heavy (non-hydrogen) atoms. The summed E-state index contributed by atoms with van der Waals surface area (Å²) in [5, 5.41) is 9.03. The van der Waals surface area contributed by atoms with E-state index in [0.717, 1.165) is 56.8 Å². The van der Waals surface area contributed by atoms with Crippen LogP contribution in [0.4, 0.5) is 11.4 Å². The van der Waals surface area contributed by atoms with Gasteiger partial charge in [0.1, 0.15) is 17.2 Å². The fraction of sp³-hybridized carbons (Fsp3) is 0.324. The highest BCUT2D eigenvalue weighted by molar-refractivity contribution is 7.91. The van der Waals surface area contributed by atoms with Crippen LogP contribution >= 0.6 is 12.4 Å². The summed E-state index contributed by atoms with van der Waals surface area (Å²) in [7, 11) is -3.74. The summed E-state index contributed by atoms with van der Waals surface area (Å²) in [5.74, 6) is -0.0252. The summed E-state index contributed by atoms with van der Waals surface area (Å²) < 4.78 is 35.3. The molecule has 11 nitrogen and oxygen atoms in total. The normalized spacial score (nSPS) is 15.6. The molecule has 0 unspecified atom stereocenters. The molecule has 0 aliphatic carbocycles. The molecule has 4 aromatic rings. The molecule has 0 atom stereocenters. The number of halogens is 1. The summed E-state index contributed by atoms with van der Waals surface area (Å²) in [4.78, 5) is 35.1. The van der Waals surface area contributed by atoms with Gasteiger partial charge in [-0.1, -0.05) is 49.4 Å². The topological polar surface area (TPSA) is 132 Å². The van der Waals surface area contributed by atoms with Crippen LogP contribution in [0.2, 0.25) is 0 Å². The van der Waals surface area contributed by atoms with Crippen molar-refractivity contribution in [3.05, 3.63) is 114 Å². The lowest BCUT2D eigenvalue weighted by Gasteiger charge is -2.36. The maximum atomic E-state index is 13.8. The van der Waals surface area contributed by atoms with Gasteiger partial charge in [-0.25, -0.2) is 18.2 Å². The predicted octanol–water partition coefficient (Wildman–Crippen LogP) is 6.10. The van der Waals surface area contributed by atoms with Gasteiger partial charge in [-0.3, -0.25) is 9.52 Å². The van der Waals surface area contributed by atoms with Gasteiger partial charge in [0.05, 0.1) is 23.3 Å². The summed E-state index contributed by atoms with van der Waals surface area (Å²) in [5.41, 5.74) is 3.46. The number of benzene rings is 3. The van der Waals surface area contributed by atoms with E-state index in [1.807, 2.05) is 59.5 Å². The van der Waals surface area contributed by atoms with Crippen LogP contribution in [0.3, 0.4) is 0 Å². The molecular formula is C37H42ClN5O6S. The van der Waals surface area contributed by atoms with E-state index < -0.39 is 16.0 Å². The minimum absolute atomic E-state index is 0. The Hall–Kier alpha value is -4.65.